The largest absolute Gasteiger partial charge is 0.444 e. The Bertz CT molecular complexity index is 1430. The first-order valence-electron chi connectivity index (χ1n) is 14.6. The van der Waals surface area contributed by atoms with E-state index >= 15 is 0 Å². The van der Waals surface area contributed by atoms with E-state index < -0.39 is 23.3 Å². The number of rotatable bonds is 11. The quantitative estimate of drug-likeness (QED) is 0.215. The van der Waals surface area contributed by atoms with Crippen LogP contribution < -0.4 is 10.6 Å². The van der Waals surface area contributed by atoms with Gasteiger partial charge in [0, 0.05) is 46.1 Å². The number of nitrogens with zero attached hydrogens (tertiary/aromatic N) is 2. The van der Waals surface area contributed by atoms with Crippen LogP contribution in [0.4, 0.5) is 4.79 Å². The van der Waals surface area contributed by atoms with Crippen LogP contribution in [0.25, 0.3) is 0 Å². The molecule has 2 heterocycles. The first-order valence-corrected chi connectivity index (χ1v) is 16.2. The van der Waals surface area contributed by atoms with Gasteiger partial charge in [-0.25, -0.2) is 4.79 Å². The SMILES string of the molecule is Cc1c(CNC(=O)C(COC(C)(C)C)NC(=O)OC(C)(C)C)c(C(C)C)c(Sc2cc(Cl)cc(Cl)c2)n1Cc1ccncc1. The van der Waals surface area contributed by atoms with Crippen molar-refractivity contribution < 1.29 is 19.1 Å². The van der Waals surface area contributed by atoms with E-state index in [2.05, 4.69) is 41.0 Å². The van der Waals surface area contributed by atoms with Crippen molar-refractivity contribution in [3.05, 3.63) is 75.2 Å². The van der Waals surface area contributed by atoms with Crippen molar-refractivity contribution in [2.24, 2.45) is 0 Å². The molecule has 3 rings (SSSR count). The van der Waals surface area contributed by atoms with Gasteiger partial charge in [0.05, 0.1) is 17.2 Å². The molecule has 0 saturated carbocycles. The van der Waals surface area contributed by atoms with Gasteiger partial charge in [-0.3, -0.25) is 9.78 Å². The summed E-state index contributed by atoms with van der Waals surface area (Å²) in [7, 11) is 0. The maximum Gasteiger partial charge on any atom is 0.408 e. The van der Waals surface area contributed by atoms with Gasteiger partial charge in [-0.1, -0.05) is 48.8 Å². The summed E-state index contributed by atoms with van der Waals surface area (Å²) in [5, 5.41) is 7.91. The first-order chi connectivity index (χ1) is 20.4. The smallest absolute Gasteiger partial charge is 0.408 e. The number of ether oxygens (including phenoxy) is 2. The first kappa shape index (κ1) is 35.8. The zero-order chi connectivity index (χ0) is 32.8. The molecule has 0 aliphatic carbocycles. The molecule has 0 fully saturated rings. The summed E-state index contributed by atoms with van der Waals surface area (Å²) >= 11 is 14.3. The van der Waals surface area contributed by atoms with Crippen LogP contribution in [0.3, 0.4) is 0 Å². The van der Waals surface area contributed by atoms with E-state index in [1.807, 2.05) is 45.0 Å². The molecule has 1 aromatic carbocycles. The minimum absolute atomic E-state index is 0.00964. The maximum absolute atomic E-state index is 13.6. The highest BCUT2D eigenvalue weighted by molar-refractivity contribution is 7.99. The predicted molar refractivity (Wildman–Crippen MR) is 178 cm³/mol. The molecule has 2 N–H and O–H groups in total. The van der Waals surface area contributed by atoms with E-state index in [-0.39, 0.29) is 25.0 Å². The Kier molecular flexibility index (Phi) is 12.2. The average Bonchev–Trinajstić information content (AvgIpc) is 3.13. The summed E-state index contributed by atoms with van der Waals surface area (Å²) in [4.78, 5) is 31.3. The molecule has 0 spiro atoms. The Morgan fingerprint density at radius 2 is 1.61 bits per heavy atom. The summed E-state index contributed by atoms with van der Waals surface area (Å²) in [6.45, 7) is 18.2. The Morgan fingerprint density at radius 1 is 1.00 bits per heavy atom. The number of halogens is 2. The van der Waals surface area contributed by atoms with Crippen LogP contribution in [0.1, 0.15) is 83.7 Å². The van der Waals surface area contributed by atoms with E-state index in [0.29, 0.717) is 16.6 Å². The topological polar surface area (TPSA) is 94.5 Å². The average molecular weight is 664 g/mol. The highest BCUT2D eigenvalue weighted by atomic mass is 35.5. The molecule has 1 unspecified atom stereocenters. The molecule has 2 aromatic heterocycles. The van der Waals surface area contributed by atoms with Crippen molar-refractivity contribution in [1.82, 2.24) is 20.2 Å². The van der Waals surface area contributed by atoms with Gasteiger partial charge in [0.1, 0.15) is 11.6 Å². The molecule has 44 heavy (non-hydrogen) atoms. The van der Waals surface area contributed by atoms with Crippen molar-refractivity contribution >= 4 is 47.0 Å². The number of alkyl carbamates (subject to hydrolysis) is 1. The zero-order valence-corrected chi connectivity index (χ0v) is 29.3. The minimum atomic E-state index is -0.951. The van der Waals surface area contributed by atoms with Crippen LogP contribution in [0, 0.1) is 6.92 Å². The van der Waals surface area contributed by atoms with Gasteiger partial charge in [-0.05, 0) is 101 Å². The van der Waals surface area contributed by atoms with Gasteiger partial charge in [-0.2, -0.15) is 0 Å². The van der Waals surface area contributed by atoms with E-state index in [9.17, 15) is 9.59 Å². The van der Waals surface area contributed by atoms with E-state index in [4.69, 9.17) is 32.7 Å². The number of nitrogens with one attached hydrogen (secondary N) is 2. The molecule has 8 nitrogen and oxygen atoms in total. The lowest BCUT2D eigenvalue weighted by Gasteiger charge is -2.26. The molecule has 2 amide bonds. The van der Waals surface area contributed by atoms with E-state index in [0.717, 1.165) is 32.3 Å². The number of hydrogen-bond donors (Lipinski definition) is 2. The second-order valence-electron chi connectivity index (χ2n) is 12.9. The lowest BCUT2D eigenvalue weighted by atomic mass is 10.0. The standard InChI is InChI=1S/C33H44Cl2N4O4S/c1-20(2)28-26(17-37-29(40)27(19-42-32(4,5)6)38-31(41)43-33(7,8)9)21(3)39(18-22-10-12-36-13-11-22)30(28)44-25-15-23(34)14-24(35)16-25/h10-16,20,27H,17-19H2,1-9H3,(H,37,40)(H,38,41). The summed E-state index contributed by atoms with van der Waals surface area (Å²) in [5.74, 6) is -0.233. The number of pyridine rings is 1. The Balaban J connectivity index is 1.98. The Hall–Kier alpha value is -2.72. The number of hydrogen-bond acceptors (Lipinski definition) is 6. The summed E-state index contributed by atoms with van der Waals surface area (Å²) in [5.41, 5.74) is 3.01. The van der Waals surface area contributed by atoms with Crippen molar-refractivity contribution in [2.45, 2.75) is 108 Å². The number of carbonyl (C=O) groups is 2. The third kappa shape index (κ3) is 10.7. The molecule has 0 radical (unpaired) electrons. The van der Waals surface area contributed by atoms with Crippen molar-refractivity contribution in [2.75, 3.05) is 6.61 Å². The van der Waals surface area contributed by atoms with Gasteiger partial charge >= 0.3 is 6.09 Å². The van der Waals surface area contributed by atoms with E-state index in [1.54, 1.807) is 51.0 Å². The van der Waals surface area contributed by atoms with Gasteiger partial charge in [-0.15, -0.1) is 0 Å². The predicted octanol–water partition coefficient (Wildman–Crippen LogP) is 8.15. The van der Waals surface area contributed by atoms with Gasteiger partial charge in [0.15, 0.2) is 0 Å². The number of carbonyl (C=O) groups excluding carboxylic acids is 2. The molecule has 0 bridgehead atoms. The second-order valence-corrected chi connectivity index (χ2v) is 14.9. The number of benzene rings is 1. The fourth-order valence-electron chi connectivity index (χ4n) is 4.54. The molecule has 3 aromatic rings. The fourth-order valence-corrected chi connectivity index (χ4v) is 6.57. The molecular formula is C33H44Cl2N4O4S. The monoisotopic (exact) mass is 662 g/mol. The highest BCUT2D eigenvalue weighted by Gasteiger charge is 2.28. The van der Waals surface area contributed by atoms with Gasteiger partial charge in [0.2, 0.25) is 5.91 Å². The third-order valence-electron chi connectivity index (χ3n) is 6.49. The lowest BCUT2D eigenvalue weighted by Crippen LogP contribution is -2.51. The highest BCUT2D eigenvalue weighted by Crippen LogP contribution is 2.41. The normalized spacial score (nSPS) is 12.7. The second kappa shape index (κ2) is 15.0. The van der Waals surface area contributed by atoms with Gasteiger partial charge < -0.3 is 24.7 Å². The molecule has 0 aliphatic heterocycles. The van der Waals surface area contributed by atoms with Crippen molar-refractivity contribution in [3.8, 4) is 0 Å². The van der Waals surface area contributed by atoms with Crippen LogP contribution in [0.2, 0.25) is 10.0 Å². The van der Waals surface area contributed by atoms with Crippen LogP contribution in [-0.2, 0) is 27.4 Å². The van der Waals surface area contributed by atoms with Crippen LogP contribution in [-0.4, -0.2) is 45.4 Å². The molecule has 11 heteroatoms. The number of aromatic nitrogens is 2. The maximum atomic E-state index is 13.6. The summed E-state index contributed by atoms with van der Waals surface area (Å²) < 4.78 is 13.6. The Morgan fingerprint density at radius 3 is 2.16 bits per heavy atom. The fraction of sp³-hybridized carbons (Fsp3) is 0.485. The van der Waals surface area contributed by atoms with Crippen LogP contribution in [0.5, 0.6) is 0 Å². The zero-order valence-electron chi connectivity index (χ0n) is 27.0. The third-order valence-corrected chi connectivity index (χ3v) is 8.03. The number of amides is 2. The van der Waals surface area contributed by atoms with Crippen LogP contribution in [0.15, 0.2) is 52.6 Å². The molecule has 0 aliphatic rings. The molecular weight excluding hydrogens is 619 g/mol. The molecule has 240 valence electrons. The van der Waals surface area contributed by atoms with Crippen LogP contribution >= 0.6 is 35.0 Å². The molecule has 1 atom stereocenters. The van der Waals surface area contributed by atoms with Crippen molar-refractivity contribution in [3.63, 3.8) is 0 Å². The van der Waals surface area contributed by atoms with Crippen molar-refractivity contribution in [1.29, 1.82) is 0 Å². The van der Waals surface area contributed by atoms with Gasteiger partial charge in [0.25, 0.3) is 0 Å². The lowest BCUT2D eigenvalue weighted by molar-refractivity contribution is -0.126. The summed E-state index contributed by atoms with van der Waals surface area (Å²) in [6, 6.07) is 8.53. The molecule has 0 saturated heterocycles. The Labute approximate surface area is 275 Å². The van der Waals surface area contributed by atoms with E-state index in [1.165, 1.54) is 0 Å². The minimum Gasteiger partial charge on any atom is -0.444 e. The summed E-state index contributed by atoms with van der Waals surface area (Å²) in [6.07, 6.45) is 2.87.